The van der Waals surface area contributed by atoms with Crippen molar-refractivity contribution in [1.29, 1.82) is 0 Å². The van der Waals surface area contributed by atoms with E-state index < -0.39 is 5.97 Å². The van der Waals surface area contributed by atoms with Crippen molar-refractivity contribution in [2.75, 3.05) is 5.75 Å². The maximum absolute atomic E-state index is 11.0. The Bertz CT molecular complexity index is 522. The van der Waals surface area contributed by atoms with Crippen LogP contribution in [0, 0.1) is 5.92 Å². The van der Waals surface area contributed by atoms with Crippen LogP contribution in [0.25, 0.3) is 0 Å². The lowest BCUT2D eigenvalue weighted by Crippen LogP contribution is -2.22. The zero-order valence-corrected chi connectivity index (χ0v) is 13.8. The smallest absolute Gasteiger partial charge is 0.306 e. The molecule has 1 N–H and O–H groups in total. The summed E-state index contributed by atoms with van der Waals surface area (Å²) >= 11 is 3.86. The number of hydrogen-bond donors (Lipinski definition) is 1. The van der Waals surface area contributed by atoms with E-state index in [-0.39, 0.29) is 17.1 Å². The maximum Gasteiger partial charge on any atom is 0.306 e. The normalized spacial score (nSPS) is 36.8. The van der Waals surface area contributed by atoms with Crippen LogP contribution in [0.4, 0.5) is 0 Å². The molecule has 0 aromatic carbocycles. The fourth-order valence-corrected chi connectivity index (χ4v) is 5.73. The predicted octanol–water partition coefficient (Wildman–Crippen LogP) is 3.34. The third-order valence-corrected chi connectivity index (χ3v) is 7.81. The van der Waals surface area contributed by atoms with Gasteiger partial charge >= 0.3 is 5.97 Å². The van der Waals surface area contributed by atoms with E-state index in [1.807, 2.05) is 23.5 Å². The molecule has 1 saturated heterocycles. The molecule has 5 nitrogen and oxygen atoms in total. The standard InChI is InChI=1S/C14H20N2O3S2/c1-7-8(2)21-11(6-20-7)12-15-13(19-16-12)9-3-4-10(5-9)14(17)18/h7-11H,3-6H2,1-2H3,(H,17,18). The highest BCUT2D eigenvalue weighted by Crippen LogP contribution is 2.44. The Balaban J connectivity index is 1.66. The van der Waals surface area contributed by atoms with E-state index in [4.69, 9.17) is 9.63 Å². The molecule has 5 atom stereocenters. The van der Waals surface area contributed by atoms with Gasteiger partial charge in [-0.15, -0.1) is 11.8 Å². The van der Waals surface area contributed by atoms with Crippen LogP contribution in [0.5, 0.6) is 0 Å². The van der Waals surface area contributed by atoms with Gasteiger partial charge in [0, 0.05) is 22.2 Å². The fraction of sp³-hybridized carbons (Fsp3) is 0.786. The quantitative estimate of drug-likeness (QED) is 0.912. The lowest BCUT2D eigenvalue weighted by atomic mass is 10.1. The Kier molecular flexibility index (Phi) is 4.49. The molecule has 1 aromatic rings. The van der Waals surface area contributed by atoms with Gasteiger partial charge in [0.15, 0.2) is 5.82 Å². The molecular formula is C14H20N2O3S2. The molecule has 1 aromatic heterocycles. The number of aliphatic carboxylic acids is 1. The molecule has 2 heterocycles. The van der Waals surface area contributed by atoms with Crippen molar-refractivity contribution in [1.82, 2.24) is 10.1 Å². The highest BCUT2D eigenvalue weighted by Gasteiger charge is 2.35. The minimum atomic E-state index is -0.709. The van der Waals surface area contributed by atoms with Crippen LogP contribution in [0.1, 0.15) is 56.0 Å². The maximum atomic E-state index is 11.0. The highest BCUT2D eigenvalue weighted by molar-refractivity contribution is 8.07. The molecule has 0 spiro atoms. The number of carbonyl (C=O) groups is 1. The van der Waals surface area contributed by atoms with E-state index in [9.17, 15) is 4.79 Å². The van der Waals surface area contributed by atoms with Crippen LogP contribution in [0.3, 0.4) is 0 Å². The Labute approximate surface area is 132 Å². The summed E-state index contributed by atoms with van der Waals surface area (Å²) in [5.41, 5.74) is 0. The summed E-state index contributed by atoms with van der Waals surface area (Å²) in [6, 6.07) is 0. The summed E-state index contributed by atoms with van der Waals surface area (Å²) in [7, 11) is 0. The summed E-state index contributed by atoms with van der Waals surface area (Å²) in [4.78, 5) is 15.6. The zero-order valence-electron chi connectivity index (χ0n) is 12.2. The number of nitrogens with zero attached hydrogens (tertiary/aromatic N) is 2. The molecule has 116 valence electrons. The second-order valence-electron chi connectivity index (χ2n) is 5.90. The topological polar surface area (TPSA) is 76.2 Å². The monoisotopic (exact) mass is 328 g/mol. The van der Waals surface area contributed by atoms with Crippen molar-refractivity contribution in [3.8, 4) is 0 Å². The molecule has 1 saturated carbocycles. The SMILES string of the molecule is CC1SCC(c2noc(C3CCC(C(=O)O)C3)n2)SC1C. The number of aromatic nitrogens is 2. The summed E-state index contributed by atoms with van der Waals surface area (Å²) in [5, 5.41) is 14.7. The second kappa shape index (κ2) is 6.20. The van der Waals surface area contributed by atoms with E-state index >= 15 is 0 Å². The van der Waals surface area contributed by atoms with Gasteiger partial charge in [-0.2, -0.15) is 16.7 Å². The lowest BCUT2D eigenvalue weighted by Gasteiger charge is -2.29. The van der Waals surface area contributed by atoms with Gasteiger partial charge < -0.3 is 9.63 Å². The molecule has 21 heavy (non-hydrogen) atoms. The van der Waals surface area contributed by atoms with Gasteiger partial charge in [-0.3, -0.25) is 4.79 Å². The van der Waals surface area contributed by atoms with Gasteiger partial charge in [-0.05, 0) is 19.3 Å². The second-order valence-corrected chi connectivity index (χ2v) is 8.90. The van der Waals surface area contributed by atoms with E-state index in [0.29, 0.717) is 29.2 Å². The van der Waals surface area contributed by atoms with Gasteiger partial charge in [0.05, 0.1) is 11.2 Å². The summed E-state index contributed by atoms with van der Waals surface area (Å²) in [6.45, 7) is 4.49. The molecule has 0 bridgehead atoms. The van der Waals surface area contributed by atoms with Crippen molar-refractivity contribution < 1.29 is 14.4 Å². The predicted molar refractivity (Wildman–Crippen MR) is 83.7 cm³/mol. The van der Waals surface area contributed by atoms with Gasteiger partial charge in [0.25, 0.3) is 0 Å². The van der Waals surface area contributed by atoms with Crippen molar-refractivity contribution in [2.45, 2.75) is 54.8 Å². The first-order chi connectivity index (χ1) is 10.0. The summed E-state index contributed by atoms with van der Waals surface area (Å²) in [6.07, 6.45) is 2.16. The largest absolute Gasteiger partial charge is 0.481 e. The van der Waals surface area contributed by atoms with E-state index in [2.05, 4.69) is 24.0 Å². The molecular weight excluding hydrogens is 308 g/mol. The molecule has 3 rings (SSSR count). The number of rotatable bonds is 3. The van der Waals surface area contributed by atoms with Crippen molar-refractivity contribution in [3.05, 3.63) is 11.7 Å². The lowest BCUT2D eigenvalue weighted by molar-refractivity contribution is -0.141. The average Bonchev–Trinajstić information content (AvgIpc) is 3.09. The Hall–Kier alpha value is -0.690. The summed E-state index contributed by atoms with van der Waals surface area (Å²) < 4.78 is 5.42. The van der Waals surface area contributed by atoms with Gasteiger partial charge in [-0.1, -0.05) is 19.0 Å². The number of thioether (sulfide) groups is 2. The molecule has 5 unspecified atom stereocenters. The minimum Gasteiger partial charge on any atom is -0.481 e. The molecule has 2 aliphatic rings. The fourth-order valence-electron chi connectivity index (χ4n) is 2.89. The minimum absolute atomic E-state index is 0.116. The van der Waals surface area contributed by atoms with E-state index in [1.165, 1.54) is 0 Å². The molecule has 1 aliphatic heterocycles. The third-order valence-electron chi connectivity index (χ3n) is 4.43. The van der Waals surface area contributed by atoms with E-state index in [1.54, 1.807) is 0 Å². The average molecular weight is 328 g/mol. The molecule has 0 radical (unpaired) electrons. The number of hydrogen-bond acceptors (Lipinski definition) is 6. The van der Waals surface area contributed by atoms with Crippen LogP contribution in [0.2, 0.25) is 0 Å². The van der Waals surface area contributed by atoms with Gasteiger partial charge in [-0.25, -0.2) is 0 Å². The summed E-state index contributed by atoms with van der Waals surface area (Å²) in [5.74, 6) is 1.57. The molecule has 7 heteroatoms. The molecule has 1 aliphatic carbocycles. The van der Waals surface area contributed by atoms with Crippen LogP contribution >= 0.6 is 23.5 Å². The van der Waals surface area contributed by atoms with Crippen molar-refractivity contribution in [2.24, 2.45) is 5.92 Å². The third kappa shape index (κ3) is 3.23. The molecule has 0 amide bonds. The Morgan fingerprint density at radius 3 is 2.81 bits per heavy atom. The number of carboxylic acids is 1. The highest BCUT2D eigenvalue weighted by atomic mass is 32.2. The van der Waals surface area contributed by atoms with Crippen molar-refractivity contribution in [3.63, 3.8) is 0 Å². The molecule has 2 fully saturated rings. The Morgan fingerprint density at radius 2 is 2.14 bits per heavy atom. The first kappa shape index (κ1) is 15.2. The van der Waals surface area contributed by atoms with Crippen LogP contribution in [-0.4, -0.2) is 37.5 Å². The first-order valence-electron chi connectivity index (χ1n) is 7.38. The van der Waals surface area contributed by atoms with E-state index in [0.717, 1.165) is 18.0 Å². The van der Waals surface area contributed by atoms with Crippen LogP contribution < -0.4 is 0 Å². The van der Waals surface area contributed by atoms with Crippen LogP contribution in [-0.2, 0) is 4.79 Å². The zero-order chi connectivity index (χ0) is 15.0. The van der Waals surface area contributed by atoms with Gasteiger partial charge in [0.2, 0.25) is 5.89 Å². The first-order valence-corrected chi connectivity index (χ1v) is 9.37. The van der Waals surface area contributed by atoms with Crippen LogP contribution in [0.15, 0.2) is 4.52 Å². The number of carboxylic acid groups (broad SMARTS) is 1. The van der Waals surface area contributed by atoms with Gasteiger partial charge in [0.1, 0.15) is 0 Å². The van der Waals surface area contributed by atoms with Crippen molar-refractivity contribution >= 4 is 29.5 Å². The Morgan fingerprint density at radius 1 is 1.33 bits per heavy atom.